The van der Waals surface area contributed by atoms with Gasteiger partial charge < -0.3 is 37.9 Å². The summed E-state index contributed by atoms with van der Waals surface area (Å²) in [5.41, 5.74) is 5.65. The summed E-state index contributed by atoms with van der Waals surface area (Å²) in [5.74, 6) is 0. The zero-order valence-electron chi connectivity index (χ0n) is 46.2. The van der Waals surface area contributed by atoms with E-state index >= 15 is 0 Å². The Morgan fingerprint density at radius 3 is 0.500 bits per heavy atom. The maximum Gasteiger partial charge on any atom is 1.00 e. The Hall–Kier alpha value is -1.51. The van der Waals surface area contributed by atoms with Crippen LogP contribution in [0.15, 0.2) is 97.1 Å². The first-order chi connectivity index (χ1) is 32.8. The van der Waals surface area contributed by atoms with Gasteiger partial charge in [0.15, 0.2) is 0 Å². The summed E-state index contributed by atoms with van der Waals surface area (Å²) in [5, 5.41) is 6.07. The molecule has 0 aromatic heterocycles. The SMILES string of the molecule is C1CCOC1.C1CCOC1.C1COCCOCCOCCOCCOCCO1.C[Si](C)(C)c1ccc([B-](c2ccc([Si](C)(C)C)cc2)(c2ccc([Si](C)(C)C)cc2)c2ccc([Si](C)(C)C)cc2)cc1.[Na+]. The van der Waals surface area contributed by atoms with Crippen LogP contribution >= 0.6 is 0 Å². The van der Waals surface area contributed by atoms with Gasteiger partial charge in [-0.2, -0.15) is 21.9 Å². The maximum absolute atomic E-state index is 5.33. The second kappa shape index (κ2) is 32.0. The van der Waals surface area contributed by atoms with E-state index < -0.39 is 38.4 Å². The minimum Gasteiger partial charge on any atom is -0.381 e. The fraction of sp³-hybridized carbons (Fsp3) is 0.571. The van der Waals surface area contributed by atoms with E-state index in [-0.39, 0.29) is 29.6 Å². The van der Waals surface area contributed by atoms with Crippen LogP contribution in [-0.4, -0.2) is 144 Å². The van der Waals surface area contributed by atoms with Gasteiger partial charge in [0.05, 0.1) is 112 Å². The summed E-state index contributed by atoms with van der Waals surface area (Å²) in [6.07, 6.45) is 3.74. The molecule has 0 spiro atoms. The molecule has 70 heavy (non-hydrogen) atoms. The number of hydrogen-bond donors (Lipinski definition) is 0. The Morgan fingerprint density at radius 1 is 0.243 bits per heavy atom. The molecule has 0 N–H and O–H groups in total. The molecule has 14 heteroatoms. The second-order valence-electron chi connectivity index (χ2n) is 22.7. The van der Waals surface area contributed by atoms with Gasteiger partial charge in [-0.15, -0.1) is 0 Å². The number of hydrogen-bond acceptors (Lipinski definition) is 8. The molecule has 0 amide bonds. The van der Waals surface area contributed by atoms with E-state index in [2.05, 4.69) is 176 Å². The molecule has 0 saturated carbocycles. The summed E-state index contributed by atoms with van der Waals surface area (Å²) in [6, 6.07) is 39.1. The molecule has 8 nitrogen and oxygen atoms in total. The molecule has 0 aliphatic carbocycles. The Balaban J connectivity index is 0.000000363. The fourth-order valence-electron chi connectivity index (χ4n) is 8.58. The van der Waals surface area contributed by atoms with Crippen molar-refractivity contribution in [2.45, 2.75) is 104 Å². The molecule has 3 aliphatic heterocycles. The van der Waals surface area contributed by atoms with Gasteiger partial charge in [-0.25, -0.2) is 0 Å². The van der Waals surface area contributed by atoms with Crippen LogP contribution < -0.4 is 72.2 Å². The van der Waals surface area contributed by atoms with Gasteiger partial charge in [0.1, 0.15) is 6.15 Å². The molecule has 0 radical (unpaired) electrons. The molecule has 384 valence electrons. The molecule has 0 atom stereocenters. The van der Waals surface area contributed by atoms with E-state index in [0.29, 0.717) is 79.3 Å². The molecule has 3 aliphatic rings. The molecular weight excluding hydrogens is 947 g/mol. The van der Waals surface area contributed by atoms with Crippen molar-refractivity contribution in [3.63, 3.8) is 0 Å². The summed E-state index contributed by atoms with van der Waals surface area (Å²) in [4.78, 5) is 0. The molecule has 4 aromatic carbocycles. The topological polar surface area (TPSA) is 73.8 Å². The van der Waals surface area contributed by atoms with Gasteiger partial charge in [0, 0.05) is 26.4 Å². The number of ether oxygens (including phenoxy) is 8. The van der Waals surface area contributed by atoms with Gasteiger partial charge in [-0.05, 0) is 25.7 Å². The van der Waals surface area contributed by atoms with Crippen LogP contribution in [-0.2, 0) is 37.9 Å². The maximum atomic E-state index is 5.33. The van der Waals surface area contributed by atoms with Crippen molar-refractivity contribution in [1.82, 2.24) is 0 Å². The van der Waals surface area contributed by atoms with Crippen molar-refractivity contribution >= 4 is 81.0 Å². The second-order valence-corrected chi connectivity index (χ2v) is 43.0. The van der Waals surface area contributed by atoms with E-state index in [4.69, 9.17) is 37.9 Å². The van der Waals surface area contributed by atoms with Crippen LogP contribution in [0.3, 0.4) is 0 Å². The van der Waals surface area contributed by atoms with Crippen molar-refractivity contribution in [3.05, 3.63) is 97.1 Å². The van der Waals surface area contributed by atoms with Crippen LogP contribution in [0.2, 0.25) is 78.6 Å². The minimum atomic E-state index is -1.42. The summed E-state index contributed by atoms with van der Waals surface area (Å²) < 4.78 is 41.9. The quantitative estimate of drug-likeness (QED) is 0.246. The van der Waals surface area contributed by atoms with E-state index in [9.17, 15) is 0 Å². The smallest absolute Gasteiger partial charge is 0.381 e. The van der Waals surface area contributed by atoms with Crippen LogP contribution in [0, 0.1) is 0 Å². The van der Waals surface area contributed by atoms with Crippen molar-refractivity contribution < 1.29 is 67.5 Å². The van der Waals surface area contributed by atoms with Crippen molar-refractivity contribution in [1.29, 1.82) is 0 Å². The average molecular weight is 1040 g/mol. The Morgan fingerprint density at radius 2 is 0.386 bits per heavy atom. The first-order valence-corrected chi connectivity index (χ1v) is 40.1. The predicted molar refractivity (Wildman–Crippen MR) is 307 cm³/mol. The first-order valence-electron chi connectivity index (χ1n) is 26.1. The van der Waals surface area contributed by atoms with Gasteiger partial charge in [-0.1, -0.05) is 196 Å². The summed E-state index contributed by atoms with van der Waals surface area (Å²) in [7, 11) is -5.67. The Bertz CT molecular complexity index is 1640. The zero-order chi connectivity index (χ0) is 50.2. The summed E-state index contributed by atoms with van der Waals surface area (Å²) in [6.45, 7) is 40.4. The molecule has 0 unspecified atom stereocenters. The van der Waals surface area contributed by atoms with Gasteiger partial charge in [0.25, 0.3) is 0 Å². The molecule has 7 rings (SSSR count). The molecular formula is C56H92BNaO8Si4. The average Bonchev–Trinajstić information content (AvgIpc) is 4.11. The normalized spacial score (nSPS) is 17.4. The van der Waals surface area contributed by atoms with E-state index in [1.54, 1.807) is 0 Å². The standard InChI is InChI=1S/C36H52BSi4.C12H24O6.2C4H8O.Na/c1-38(2,3)33-21-13-29(14-22-33)37(30-15-23-34(24-16-30)39(4,5)6,31-17-25-35(26-18-31)40(7,8)9)32-19-27-36(28-20-32)41(10,11)12;1-2-14-5-6-16-9-10-18-12-11-17-8-7-15-4-3-13-1;2*1-2-4-5-3-1;/h13-28H,1-12H3;1-12H2;2*1-4H2;/q-1;;;;+1. The molecule has 3 heterocycles. The van der Waals surface area contributed by atoms with Crippen molar-refractivity contribution in [3.8, 4) is 0 Å². The van der Waals surface area contributed by atoms with Crippen LogP contribution in [0.4, 0.5) is 0 Å². The Kier molecular flexibility index (Phi) is 28.7. The van der Waals surface area contributed by atoms with Crippen molar-refractivity contribution in [2.75, 3.05) is 106 Å². The molecule has 3 fully saturated rings. The van der Waals surface area contributed by atoms with Crippen molar-refractivity contribution in [2.24, 2.45) is 0 Å². The van der Waals surface area contributed by atoms with Crippen LogP contribution in [0.25, 0.3) is 0 Å². The third-order valence-corrected chi connectivity index (χ3v) is 21.3. The van der Waals surface area contributed by atoms with Gasteiger partial charge in [0.2, 0.25) is 0 Å². The fourth-order valence-corrected chi connectivity index (χ4v) is 13.2. The Labute approximate surface area is 452 Å². The van der Waals surface area contributed by atoms with Crippen LogP contribution in [0.5, 0.6) is 0 Å². The van der Waals surface area contributed by atoms with Crippen LogP contribution in [0.1, 0.15) is 25.7 Å². The largest absolute Gasteiger partial charge is 1.00 e. The third kappa shape index (κ3) is 21.8. The van der Waals surface area contributed by atoms with Gasteiger partial charge >= 0.3 is 29.6 Å². The van der Waals surface area contributed by atoms with E-state index in [1.807, 2.05) is 0 Å². The number of benzene rings is 4. The third-order valence-electron chi connectivity index (χ3n) is 13.0. The molecule has 0 bridgehead atoms. The summed E-state index contributed by atoms with van der Waals surface area (Å²) >= 11 is 0. The van der Waals surface area contributed by atoms with E-state index in [1.165, 1.54) is 68.3 Å². The number of rotatable bonds is 8. The monoisotopic (exact) mass is 1040 g/mol. The molecule has 4 aromatic rings. The minimum absolute atomic E-state index is 0. The van der Waals surface area contributed by atoms with Gasteiger partial charge in [-0.3, -0.25) is 0 Å². The van der Waals surface area contributed by atoms with E-state index in [0.717, 1.165) is 26.4 Å². The zero-order valence-corrected chi connectivity index (χ0v) is 52.2. The first kappa shape index (κ1) is 62.8. The molecule has 3 saturated heterocycles. The predicted octanol–water partition coefficient (Wildman–Crippen LogP) is 3.94.